The van der Waals surface area contributed by atoms with Crippen LogP contribution < -0.4 is 5.84 Å². The first-order chi connectivity index (χ1) is 20.7. The highest BCUT2D eigenvalue weighted by atomic mass is 35.5. The molecule has 5 rings (SSSR count). The first-order valence-corrected chi connectivity index (χ1v) is 18.5. The number of halogens is 1. The average molecular weight is 614 g/mol. The molecule has 2 N–H and O–H groups in total. The largest absolute Gasteiger partial charge is 0.359 e. The van der Waals surface area contributed by atoms with Crippen molar-refractivity contribution in [1.29, 1.82) is 0 Å². The summed E-state index contributed by atoms with van der Waals surface area (Å²) in [6, 6.07) is 24.2. The number of hydrazone groups is 1. The van der Waals surface area contributed by atoms with E-state index in [0.29, 0.717) is 27.7 Å². The molecular weight excluding hydrogens is 566 g/mol. The van der Waals surface area contributed by atoms with Crippen molar-refractivity contribution in [2.75, 3.05) is 0 Å². The topological polar surface area (TPSA) is 59.4 Å². The summed E-state index contributed by atoms with van der Waals surface area (Å²) in [5.41, 5.74) is 7.25. The molecule has 0 radical (unpaired) electrons. The van der Waals surface area contributed by atoms with Crippen LogP contribution in [0.3, 0.4) is 0 Å². The van der Waals surface area contributed by atoms with Gasteiger partial charge in [0.15, 0.2) is 8.24 Å². The fraction of sp³-hybridized carbons (Fsp3) is 0.444. The Morgan fingerprint density at radius 2 is 1.47 bits per heavy atom. The van der Waals surface area contributed by atoms with Crippen LogP contribution in [-0.4, -0.2) is 34.1 Å². The number of rotatable bonds is 11. The second-order valence-electron chi connectivity index (χ2n) is 13.3. The second-order valence-corrected chi connectivity index (χ2v) is 19.4. The Kier molecular flexibility index (Phi) is 9.79. The third-order valence-electron chi connectivity index (χ3n) is 10.0. The number of aromatic nitrogens is 2. The molecule has 0 aliphatic heterocycles. The number of nitrogens with zero attached hydrogens (tertiary/aromatic N) is 4. The van der Waals surface area contributed by atoms with Crippen molar-refractivity contribution in [1.82, 2.24) is 14.1 Å². The number of hydrogen-bond acceptors (Lipinski definition) is 4. The molecule has 2 atom stereocenters. The van der Waals surface area contributed by atoms with E-state index in [1.165, 1.54) is 11.1 Å². The molecule has 43 heavy (non-hydrogen) atoms. The Morgan fingerprint density at radius 3 is 1.98 bits per heavy atom. The zero-order chi connectivity index (χ0) is 30.7. The predicted molar refractivity (Wildman–Crippen MR) is 185 cm³/mol. The summed E-state index contributed by atoms with van der Waals surface area (Å²) in [6.45, 7) is 16.1. The van der Waals surface area contributed by atoms with Crippen LogP contribution in [0, 0.1) is 5.92 Å². The van der Waals surface area contributed by atoms with E-state index in [9.17, 15) is 0 Å². The van der Waals surface area contributed by atoms with Crippen LogP contribution in [0.25, 0.3) is 11.0 Å². The van der Waals surface area contributed by atoms with E-state index in [1.54, 1.807) is 0 Å². The Balaban J connectivity index is 1.48. The van der Waals surface area contributed by atoms with Crippen LogP contribution in [-0.2, 0) is 13.1 Å². The summed E-state index contributed by atoms with van der Waals surface area (Å²) >= 11 is 6.97. The maximum Gasteiger partial charge on any atom is 0.171 e. The molecule has 2 aromatic carbocycles. The second kappa shape index (κ2) is 13.4. The summed E-state index contributed by atoms with van der Waals surface area (Å²) in [7, 11) is -2.00. The third-order valence-corrected chi connectivity index (χ3v) is 17.1. The van der Waals surface area contributed by atoms with Crippen LogP contribution in [0.5, 0.6) is 0 Å². The van der Waals surface area contributed by atoms with Crippen molar-refractivity contribution in [2.24, 2.45) is 16.9 Å². The van der Waals surface area contributed by atoms with E-state index < -0.39 is 8.24 Å². The maximum absolute atomic E-state index is 6.97. The molecule has 0 spiro atoms. The van der Waals surface area contributed by atoms with Crippen LogP contribution in [0.15, 0.2) is 84.2 Å². The van der Waals surface area contributed by atoms with Gasteiger partial charge in [-0.3, -0.25) is 4.90 Å². The minimum atomic E-state index is -2.00. The summed E-state index contributed by atoms with van der Waals surface area (Å²) in [5.74, 6) is 6.48. The molecule has 1 saturated carbocycles. The van der Waals surface area contributed by atoms with Crippen molar-refractivity contribution >= 4 is 36.6 Å². The van der Waals surface area contributed by atoms with Gasteiger partial charge in [-0.05, 0) is 59.3 Å². The van der Waals surface area contributed by atoms with Gasteiger partial charge in [-0.2, -0.15) is 5.10 Å². The van der Waals surface area contributed by atoms with Crippen LogP contribution in [0.1, 0.15) is 77.5 Å². The molecule has 1 unspecified atom stereocenters. The first kappa shape index (κ1) is 31.5. The lowest BCUT2D eigenvalue weighted by molar-refractivity contribution is 0.179. The number of hydrogen-bond donors (Lipinski definition) is 1. The maximum atomic E-state index is 6.97. The smallest absolute Gasteiger partial charge is 0.171 e. The molecule has 1 aliphatic carbocycles. The molecule has 2 heterocycles. The third kappa shape index (κ3) is 6.07. The van der Waals surface area contributed by atoms with Crippen LogP contribution >= 0.6 is 11.6 Å². The van der Waals surface area contributed by atoms with E-state index in [1.807, 2.05) is 6.20 Å². The van der Waals surface area contributed by atoms with Gasteiger partial charge < -0.3 is 10.1 Å². The standard InChI is InChI=1S/C36H48ClN5Si/c1-25(2)43(26(3)4,27(5)6)42-20-19-32-34(33(37)22-39-36(32)42)35(40-38)30-17-18-31(21-30)41(23-28-13-9-7-10-14-28)24-29-15-11-8-12-16-29/h7-16,19-20,22,25-27,30-31H,17-18,21,23-24,38H2,1-6H3/t30?,31-/m1/s1. The van der Waals surface area contributed by atoms with Crippen molar-refractivity contribution in [3.05, 3.63) is 101 Å². The lowest BCUT2D eigenvalue weighted by Crippen LogP contribution is -2.51. The highest BCUT2D eigenvalue weighted by Gasteiger charge is 2.46. The highest BCUT2D eigenvalue weighted by Crippen LogP contribution is 2.45. The number of pyridine rings is 1. The molecule has 0 saturated heterocycles. The van der Waals surface area contributed by atoms with Crippen molar-refractivity contribution in [3.8, 4) is 0 Å². The molecule has 228 valence electrons. The van der Waals surface area contributed by atoms with E-state index in [-0.39, 0.29) is 5.92 Å². The van der Waals surface area contributed by atoms with E-state index >= 15 is 0 Å². The molecule has 2 aromatic heterocycles. The number of fused-ring (bicyclic) bond motifs is 1. The molecule has 5 nitrogen and oxygen atoms in total. The Morgan fingerprint density at radius 1 is 0.907 bits per heavy atom. The van der Waals surface area contributed by atoms with Gasteiger partial charge in [-0.1, -0.05) is 114 Å². The van der Waals surface area contributed by atoms with Crippen molar-refractivity contribution < 1.29 is 0 Å². The summed E-state index contributed by atoms with van der Waals surface area (Å²) in [5, 5.41) is 6.18. The molecule has 1 aliphatic rings. The lowest BCUT2D eigenvalue weighted by atomic mass is 9.93. The zero-order valence-corrected chi connectivity index (χ0v) is 28.4. The van der Waals surface area contributed by atoms with E-state index in [0.717, 1.165) is 54.7 Å². The monoisotopic (exact) mass is 613 g/mol. The van der Waals surface area contributed by atoms with Gasteiger partial charge >= 0.3 is 0 Å². The van der Waals surface area contributed by atoms with Gasteiger partial charge in [-0.15, -0.1) is 0 Å². The molecular formula is C36H48ClN5Si. The molecule has 1 fully saturated rings. The fourth-order valence-electron chi connectivity index (χ4n) is 8.33. The van der Waals surface area contributed by atoms with Crippen LogP contribution in [0.2, 0.25) is 21.6 Å². The fourth-order valence-corrected chi connectivity index (χ4v) is 15.1. The van der Waals surface area contributed by atoms with Gasteiger partial charge in [0.25, 0.3) is 0 Å². The van der Waals surface area contributed by atoms with Gasteiger partial charge in [0, 0.05) is 42.2 Å². The summed E-state index contributed by atoms with van der Waals surface area (Å²) < 4.78 is 2.55. The zero-order valence-electron chi connectivity index (χ0n) is 26.7. The number of nitrogens with two attached hydrogens (primary N) is 1. The molecule has 7 heteroatoms. The van der Waals surface area contributed by atoms with Gasteiger partial charge in [-0.25, -0.2) is 4.98 Å². The first-order valence-electron chi connectivity index (χ1n) is 15.9. The van der Waals surface area contributed by atoms with Crippen LogP contribution in [0.4, 0.5) is 0 Å². The number of benzene rings is 2. The normalized spacial score (nSPS) is 18.2. The summed E-state index contributed by atoms with van der Waals surface area (Å²) in [6.07, 6.45) is 7.23. The highest BCUT2D eigenvalue weighted by molar-refractivity contribution is 6.82. The molecule has 0 amide bonds. The SMILES string of the molecule is CC(C)[Si](C(C)C)(C(C)C)n1ccc2c(C(=NN)C3CC[C@@H](N(Cc4ccccc4)Cc4ccccc4)C3)c(Cl)cnc21. The Hall–Kier alpha value is -2.93. The molecule has 0 bridgehead atoms. The quantitative estimate of drug-likeness (QED) is 0.0793. The van der Waals surface area contributed by atoms with Crippen molar-refractivity contribution in [3.63, 3.8) is 0 Å². The minimum Gasteiger partial charge on any atom is -0.359 e. The van der Waals surface area contributed by atoms with Gasteiger partial charge in [0.2, 0.25) is 0 Å². The lowest BCUT2D eigenvalue weighted by Gasteiger charge is -2.44. The average Bonchev–Trinajstić information content (AvgIpc) is 3.64. The van der Waals surface area contributed by atoms with E-state index in [2.05, 4.69) is 129 Å². The van der Waals surface area contributed by atoms with Gasteiger partial charge in [0.1, 0.15) is 5.65 Å². The predicted octanol–water partition coefficient (Wildman–Crippen LogP) is 9.25. The van der Waals surface area contributed by atoms with Crippen molar-refractivity contribution in [2.45, 2.75) is 96.6 Å². The summed E-state index contributed by atoms with van der Waals surface area (Å²) in [4.78, 5) is 7.59. The Labute approximate surface area is 264 Å². The minimum absolute atomic E-state index is 0.234. The Bertz CT molecular complexity index is 1470. The molecule has 4 aromatic rings. The van der Waals surface area contributed by atoms with E-state index in [4.69, 9.17) is 22.4 Å². The van der Waals surface area contributed by atoms with Gasteiger partial charge in [0.05, 0.1) is 10.7 Å².